The smallest absolute Gasteiger partial charge is 0.219 e. The van der Waals surface area contributed by atoms with E-state index in [9.17, 15) is 13.2 Å². The lowest BCUT2D eigenvalue weighted by molar-refractivity contribution is -0.132. The minimum atomic E-state index is -3.03. The van der Waals surface area contributed by atoms with Crippen LogP contribution >= 0.6 is 0 Å². The Labute approximate surface area is 302 Å². The van der Waals surface area contributed by atoms with Crippen molar-refractivity contribution in [1.82, 2.24) is 43.9 Å². The molecule has 6 aliphatic rings. The number of rotatable bonds is 3. The van der Waals surface area contributed by atoms with Gasteiger partial charge in [-0.1, -0.05) is 34.1 Å². The van der Waals surface area contributed by atoms with Gasteiger partial charge in [0, 0.05) is 155 Å². The van der Waals surface area contributed by atoms with Crippen molar-refractivity contribution in [2.24, 2.45) is 0 Å². The number of amides is 1. The number of carbonyl (C=O) groups excluding carboxylic acids is 1. The standard InChI is InChI=1S/C11H23N3O2S.C11H23N3.C9H17N3O.C3H8.C2H6/c1-10(2)13-5-4-12-6-7-14(17(3,15)16)9-11(12)8-13;1-10(2)14-7-6-13-5-4-12(3)8-11(13)9-14;1-8(13)12-5-4-11-3-2-10-6-9(11)7-12;1-3-2;1-2/h10-11H,4-9H2,1-3H3;10-11H,4-9H2,1-3H3;9-10H,2-7H2,1H3;3H2,1-2H3;1-2H3. The SMILES string of the molecule is CC.CC(=O)N1CCN2CCNCC2C1.CC(C)N1CCN2CCN(C)CC2C1.CC(C)N1CCN2CCN(S(C)(=O)=O)CC2C1.CCC. The molecule has 13 heteroatoms. The van der Waals surface area contributed by atoms with E-state index >= 15 is 0 Å². The van der Waals surface area contributed by atoms with Crippen molar-refractivity contribution < 1.29 is 13.2 Å². The molecule has 0 aromatic rings. The number of hydrogen-bond acceptors (Lipinski definition) is 10. The lowest BCUT2D eigenvalue weighted by atomic mass is 10.1. The molecule has 290 valence electrons. The maximum absolute atomic E-state index is 11.6. The Balaban J connectivity index is 0.000000241. The molecule has 49 heavy (non-hydrogen) atoms. The maximum atomic E-state index is 11.6. The minimum absolute atomic E-state index is 0.213. The first kappa shape index (κ1) is 44.3. The molecule has 0 bridgehead atoms. The molecule has 0 aromatic carbocycles. The second kappa shape index (κ2) is 22.2. The third-order valence-corrected chi connectivity index (χ3v) is 11.8. The fourth-order valence-corrected chi connectivity index (χ4v) is 8.34. The minimum Gasteiger partial charge on any atom is -0.340 e. The summed E-state index contributed by atoms with van der Waals surface area (Å²) in [5.41, 5.74) is 0. The highest BCUT2D eigenvalue weighted by molar-refractivity contribution is 7.88. The lowest BCUT2D eigenvalue weighted by Crippen LogP contribution is -2.63. The number of nitrogens with one attached hydrogen (secondary N) is 1. The van der Waals surface area contributed by atoms with Crippen molar-refractivity contribution in [2.75, 3.05) is 131 Å². The van der Waals surface area contributed by atoms with E-state index in [2.05, 4.69) is 83.3 Å². The summed E-state index contributed by atoms with van der Waals surface area (Å²) in [6.45, 7) is 38.0. The number of fused-ring (bicyclic) bond motifs is 3. The second-order valence-electron chi connectivity index (χ2n) is 15.0. The Bertz CT molecular complexity index is 1030. The van der Waals surface area contributed by atoms with Crippen molar-refractivity contribution >= 4 is 15.9 Å². The summed E-state index contributed by atoms with van der Waals surface area (Å²) in [6, 6.07) is 2.96. The summed E-state index contributed by atoms with van der Waals surface area (Å²) >= 11 is 0. The van der Waals surface area contributed by atoms with Crippen molar-refractivity contribution in [3.8, 4) is 0 Å². The predicted molar refractivity (Wildman–Crippen MR) is 206 cm³/mol. The number of piperazine rings is 6. The molecule has 0 radical (unpaired) electrons. The van der Waals surface area contributed by atoms with Crippen LogP contribution in [0.1, 0.15) is 68.7 Å². The Kier molecular flexibility index (Phi) is 20.1. The Morgan fingerprint density at radius 2 is 1.14 bits per heavy atom. The Morgan fingerprint density at radius 3 is 1.65 bits per heavy atom. The van der Waals surface area contributed by atoms with E-state index in [4.69, 9.17) is 0 Å². The summed E-state index contributed by atoms with van der Waals surface area (Å²) < 4.78 is 24.8. The van der Waals surface area contributed by atoms with Gasteiger partial charge in [0.25, 0.3) is 0 Å². The van der Waals surface area contributed by atoms with Crippen LogP contribution in [0, 0.1) is 0 Å². The average Bonchev–Trinajstić information content (AvgIpc) is 3.08. The summed E-state index contributed by atoms with van der Waals surface area (Å²) in [5.74, 6) is 0.213. The fourth-order valence-electron chi connectivity index (χ4n) is 7.48. The van der Waals surface area contributed by atoms with Gasteiger partial charge in [-0.3, -0.25) is 29.3 Å². The highest BCUT2D eigenvalue weighted by Crippen LogP contribution is 2.19. The number of nitrogens with zero attached hydrogens (tertiary/aromatic N) is 8. The number of likely N-dealkylation sites (N-methyl/N-ethyl adjacent to an activating group) is 1. The van der Waals surface area contributed by atoms with Gasteiger partial charge in [-0.2, -0.15) is 4.31 Å². The largest absolute Gasteiger partial charge is 0.340 e. The normalized spacial score (nSPS) is 27.9. The van der Waals surface area contributed by atoms with Crippen molar-refractivity contribution in [3.05, 3.63) is 0 Å². The van der Waals surface area contributed by atoms with Crippen molar-refractivity contribution in [1.29, 1.82) is 0 Å². The van der Waals surface area contributed by atoms with Crippen molar-refractivity contribution in [3.63, 3.8) is 0 Å². The fraction of sp³-hybridized carbons (Fsp3) is 0.972. The second-order valence-corrected chi connectivity index (χ2v) is 17.0. The van der Waals surface area contributed by atoms with Gasteiger partial charge in [0.15, 0.2) is 0 Å². The zero-order valence-electron chi connectivity index (χ0n) is 33.5. The van der Waals surface area contributed by atoms with Gasteiger partial charge in [0.05, 0.1) is 6.26 Å². The molecule has 3 unspecified atom stereocenters. The van der Waals surface area contributed by atoms with E-state index < -0.39 is 10.0 Å². The molecule has 6 heterocycles. The molecule has 0 aromatic heterocycles. The van der Waals surface area contributed by atoms with Crippen LogP contribution < -0.4 is 5.32 Å². The molecular formula is C36H77N9O3S. The van der Waals surface area contributed by atoms with Crippen LogP contribution in [0.5, 0.6) is 0 Å². The van der Waals surface area contributed by atoms with E-state index in [0.29, 0.717) is 37.3 Å². The van der Waals surface area contributed by atoms with Crippen LogP contribution in [-0.2, 0) is 14.8 Å². The molecule has 12 nitrogen and oxygen atoms in total. The van der Waals surface area contributed by atoms with Gasteiger partial charge >= 0.3 is 0 Å². The zero-order valence-corrected chi connectivity index (χ0v) is 34.3. The van der Waals surface area contributed by atoms with Gasteiger partial charge in [-0.15, -0.1) is 0 Å². The van der Waals surface area contributed by atoms with Gasteiger partial charge in [-0.25, -0.2) is 8.42 Å². The van der Waals surface area contributed by atoms with E-state index in [-0.39, 0.29) is 5.91 Å². The molecule has 6 rings (SSSR count). The number of sulfonamides is 1. The van der Waals surface area contributed by atoms with Crippen LogP contribution in [0.25, 0.3) is 0 Å². The summed E-state index contributed by atoms with van der Waals surface area (Å²) in [6.07, 6.45) is 2.56. The maximum Gasteiger partial charge on any atom is 0.219 e. The highest BCUT2D eigenvalue weighted by Gasteiger charge is 2.36. The van der Waals surface area contributed by atoms with Gasteiger partial charge in [-0.05, 0) is 34.7 Å². The predicted octanol–water partition coefficient (Wildman–Crippen LogP) is 1.55. The average molecular weight is 716 g/mol. The van der Waals surface area contributed by atoms with Gasteiger partial charge in [0.1, 0.15) is 0 Å². The topological polar surface area (TPSA) is 89.2 Å². The van der Waals surface area contributed by atoms with Crippen LogP contribution in [-0.4, -0.2) is 214 Å². The van der Waals surface area contributed by atoms with Gasteiger partial charge < -0.3 is 15.1 Å². The van der Waals surface area contributed by atoms with Crippen LogP contribution in [0.15, 0.2) is 0 Å². The number of carbonyl (C=O) groups is 1. The third kappa shape index (κ3) is 14.6. The molecule has 1 N–H and O–H groups in total. The molecule has 1 amide bonds. The zero-order chi connectivity index (χ0) is 36.7. The third-order valence-electron chi connectivity index (χ3n) is 10.5. The lowest BCUT2D eigenvalue weighted by Gasteiger charge is -2.47. The Hall–Kier alpha value is -0.900. The van der Waals surface area contributed by atoms with Crippen LogP contribution in [0.3, 0.4) is 0 Å². The van der Waals surface area contributed by atoms with E-state index in [1.807, 2.05) is 18.7 Å². The molecule has 0 saturated carbocycles. The molecule has 6 saturated heterocycles. The number of hydrogen-bond donors (Lipinski definition) is 1. The molecule has 0 aliphatic carbocycles. The van der Waals surface area contributed by atoms with Crippen molar-refractivity contribution in [2.45, 2.75) is 98.9 Å². The first-order chi connectivity index (χ1) is 23.2. The molecular weight excluding hydrogens is 639 g/mol. The quantitative estimate of drug-likeness (QED) is 0.465. The van der Waals surface area contributed by atoms with E-state index in [1.54, 1.807) is 11.2 Å². The Morgan fingerprint density at radius 1 is 0.673 bits per heavy atom. The summed E-state index contributed by atoms with van der Waals surface area (Å²) in [4.78, 5) is 28.2. The monoisotopic (exact) mass is 716 g/mol. The van der Waals surface area contributed by atoms with Gasteiger partial charge in [0.2, 0.25) is 15.9 Å². The molecule has 0 spiro atoms. The first-order valence-corrected chi connectivity index (χ1v) is 21.4. The van der Waals surface area contributed by atoms with Crippen LogP contribution in [0.4, 0.5) is 0 Å². The molecule has 6 fully saturated rings. The molecule has 3 atom stereocenters. The molecule has 6 aliphatic heterocycles. The van der Waals surface area contributed by atoms with E-state index in [0.717, 1.165) is 71.5 Å². The van der Waals surface area contributed by atoms with Crippen LogP contribution in [0.2, 0.25) is 0 Å². The summed E-state index contributed by atoms with van der Waals surface area (Å²) in [5, 5.41) is 3.36. The highest BCUT2D eigenvalue weighted by atomic mass is 32.2. The summed E-state index contributed by atoms with van der Waals surface area (Å²) in [7, 11) is -0.784. The first-order valence-electron chi connectivity index (χ1n) is 19.5. The van der Waals surface area contributed by atoms with E-state index in [1.165, 1.54) is 51.9 Å².